The fraction of sp³-hybridized carbons (Fsp3) is 0.500. The largest absolute Gasteiger partial charge is 0.490 e. The zero-order chi connectivity index (χ0) is 14.4. The van der Waals surface area contributed by atoms with Crippen molar-refractivity contribution in [3.63, 3.8) is 0 Å². The number of aliphatic hydroxyl groups excluding tert-OH is 1. The van der Waals surface area contributed by atoms with Crippen LogP contribution in [0.5, 0.6) is 5.75 Å². The van der Waals surface area contributed by atoms with Crippen molar-refractivity contribution in [1.29, 1.82) is 0 Å². The standard InChI is InChI=1S/C14H20FNO3/c1-4-19-13-11(6-5-7-12(13)15)14(18)16(3)9-8-10(2)17/h5-7,10,17H,4,8-9H2,1-3H3. The predicted molar refractivity (Wildman–Crippen MR) is 70.8 cm³/mol. The molecule has 0 saturated heterocycles. The number of nitrogens with zero attached hydrogens (tertiary/aromatic N) is 1. The van der Waals surface area contributed by atoms with Crippen LogP contribution in [0.3, 0.4) is 0 Å². The maximum absolute atomic E-state index is 13.6. The Bertz CT molecular complexity index is 435. The van der Waals surface area contributed by atoms with Gasteiger partial charge in [0.2, 0.25) is 0 Å². The summed E-state index contributed by atoms with van der Waals surface area (Å²) in [4.78, 5) is 13.7. The molecule has 1 unspecified atom stereocenters. The summed E-state index contributed by atoms with van der Waals surface area (Å²) in [6.45, 7) is 4.08. The molecule has 1 aromatic rings. The average molecular weight is 269 g/mol. The molecule has 4 nitrogen and oxygen atoms in total. The second-order valence-electron chi connectivity index (χ2n) is 4.41. The van der Waals surface area contributed by atoms with Crippen LogP contribution in [0.25, 0.3) is 0 Å². The van der Waals surface area contributed by atoms with Gasteiger partial charge in [-0.25, -0.2) is 4.39 Å². The predicted octanol–water partition coefficient (Wildman–Crippen LogP) is 2.07. The van der Waals surface area contributed by atoms with Gasteiger partial charge in [-0.2, -0.15) is 0 Å². The highest BCUT2D eigenvalue weighted by Crippen LogP contribution is 2.24. The van der Waals surface area contributed by atoms with Gasteiger partial charge in [0.25, 0.3) is 5.91 Å². The first-order valence-corrected chi connectivity index (χ1v) is 6.32. The zero-order valence-corrected chi connectivity index (χ0v) is 11.5. The van der Waals surface area contributed by atoms with Gasteiger partial charge in [0.1, 0.15) is 0 Å². The first-order valence-electron chi connectivity index (χ1n) is 6.32. The van der Waals surface area contributed by atoms with Gasteiger partial charge in [0, 0.05) is 13.6 Å². The molecule has 0 bridgehead atoms. The Balaban J connectivity index is 2.89. The van der Waals surface area contributed by atoms with Crippen LogP contribution in [0.1, 0.15) is 30.6 Å². The van der Waals surface area contributed by atoms with Crippen LogP contribution in [-0.2, 0) is 0 Å². The lowest BCUT2D eigenvalue weighted by molar-refractivity contribution is 0.0764. The van der Waals surface area contributed by atoms with Gasteiger partial charge in [0.05, 0.1) is 18.3 Å². The molecule has 0 radical (unpaired) electrons. The molecule has 0 spiro atoms. The molecule has 1 atom stereocenters. The maximum Gasteiger partial charge on any atom is 0.257 e. The number of amides is 1. The summed E-state index contributed by atoms with van der Waals surface area (Å²) in [6.07, 6.45) is -0.00393. The molecule has 1 N–H and O–H groups in total. The Morgan fingerprint density at radius 1 is 1.53 bits per heavy atom. The molecule has 0 aromatic heterocycles. The van der Waals surface area contributed by atoms with Gasteiger partial charge in [-0.3, -0.25) is 4.79 Å². The van der Waals surface area contributed by atoms with E-state index in [1.807, 2.05) is 0 Å². The minimum Gasteiger partial charge on any atom is -0.490 e. The average Bonchev–Trinajstić information content (AvgIpc) is 2.37. The fourth-order valence-corrected chi connectivity index (χ4v) is 1.66. The minimum atomic E-state index is -0.545. The van der Waals surface area contributed by atoms with Crippen LogP contribution in [0, 0.1) is 5.82 Å². The second-order valence-corrected chi connectivity index (χ2v) is 4.41. The first kappa shape index (κ1) is 15.4. The van der Waals surface area contributed by atoms with Gasteiger partial charge >= 0.3 is 0 Å². The molecule has 0 heterocycles. The molecule has 1 rings (SSSR count). The summed E-state index contributed by atoms with van der Waals surface area (Å²) >= 11 is 0. The smallest absolute Gasteiger partial charge is 0.257 e. The van der Waals surface area contributed by atoms with E-state index in [1.165, 1.54) is 23.1 Å². The number of carbonyl (C=O) groups is 1. The van der Waals surface area contributed by atoms with Crippen LogP contribution in [0.2, 0.25) is 0 Å². The Morgan fingerprint density at radius 2 is 2.21 bits per heavy atom. The minimum absolute atomic E-state index is 0.0149. The van der Waals surface area contributed by atoms with E-state index in [-0.39, 0.29) is 17.2 Å². The number of hydrogen-bond donors (Lipinski definition) is 1. The third-order valence-corrected chi connectivity index (χ3v) is 2.72. The van der Waals surface area contributed by atoms with E-state index < -0.39 is 11.9 Å². The Labute approximate surface area is 112 Å². The topological polar surface area (TPSA) is 49.8 Å². The second kappa shape index (κ2) is 7.09. The molecular formula is C14H20FNO3. The summed E-state index contributed by atoms with van der Waals surface area (Å²) in [6, 6.07) is 4.28. The van der Waals surface area contributed by atoms with Crippen LogP contribution in [0.4, 0.5) is 4.39 Å². The molecular weight excluding hydrogens is 249 g/mol. The van der Waals surface area contributed by atoms with E-state index in [0.717, 1.165) is 0 Å². The van der Waals surface area contributed by atoms with Gasteiger partial charge < -0.3 is 14.7 Å². The Kier molecular flexibility index (Phi) is 5.76. The number of benzene rings is 1. The highest BCUT2D eigenvalue weighted by atomic mass is 19.1. The van der Waals surface area contributed by atoms with E-state index in [9.17, 15) is 14.3 Å². The molecule has 0 aliphatic carbocycles. The highest BCUT2D eigenvalue weighted by molar-refractivity contribution is 5.96. The molecule has 19 heavy (non-hydrogen) atoms. The SMILES string of the molecule is CCOc1c(F)cccc1C(=O)N(C)CCC(C)O. The van der Waals surface area contributed by atoms with E-state index in [2.05, 4.69) is 0 Å². The number of hydrogen-bond acceptors (Lipinski definition) is 3. The summed E-state index contributed by atoms with van der Waals surface area (Å²) < 4.78 is 18.8. The van der Waals surface area contributed by atoms with Crippen molar-refractivity contribution >= 4 is 5.91 Å². The zero-order valence-electron chi connectivity index (χ0n) is 11.5. The lowest BCUT2D eigenvalue weighted by Crippen LogP contribution is -2.30. The molecule has 5 heteroatoms. The van der Waals surface area contributed by atoms with Gasteiger partial charge in [-0.1, -0.05) is 6.07 Å². The number of para-hydroxylation sites is 1. The number of halogens is 1. The Morgan fingerprint density at radius 3 is 2.79 bits per heavy atom. The van der Waals surface area contributed by atoms with E-state index >= 15 is 0 Å². The molecule has 0 saturated carbocycles. The number of aliphatic hydroxyl groups is 1. The molecule has 0 aliphatic rings. The molecule has 0 aliphatic heterocycles. The van der Waals surface area contributed by atoms with Crippen LogP contribution in [0.15, 0.2) is 18.2 Å². The quantitative estimate of drug-likeness (QED) is 0.860. The molecule has 1 amide bonds. The van der Waals surface area contributed by atoms with Crippen LogP contribution in [-0.4, -0.2) is 42.2 Å². The van der Waals surface area contributed by atoms with E-state index in [0.29, 0.717) is 19.6 Å². The van der Waals surface area contributed by atoms with Crippen LogP contribution < -0.4 is 4.74 Å². The maximum atomic E-state index is 13.6. The van der Waals surface area contributed by atoms with E-state index in [1.54, 1.807) is 20.9 Å². The van der Waals surface area contributed by atoms with E-state index in [4.69, 9.17) is 4.74 Å². The van der Waals surface area contributed by atoms with Crippen molar-refractivity contribution in [3.05, 3.63) is 29.6 Å². The third kappa shape index (κ3) is 4.21. The molecule has 0 fully saturated rings. The first-order chi connectivity index (χ1) is 8.97. The molecule has 1 aromatic carbocycles. The number of ether oxygens (including phenoxy) is 1. The van der Waals surface area contributed by atoms with Gasteiger partial charge in [0.15, 0.2) is 11.6 Å². The summed E-state index contributed by atoms with van der Waals surface area (Å²) in [5.74, 6) is -0.876. The lowest BCUT2D eigenvalue weighted by atomic mass is 10.1. The van der Waals surface area contributed by atoms with Crippen molar-refractivity contribution in [3.8, 4) is 5.75 Å². The monoisotopic (exact) mass is 269 g/mol. The van der Waals surface area contributed by atoms with Crippen molar-refractivity contribution in [2.75, 3.05) is 20.2 Å². The third-order valence-electron chi connectivity index (χ3n) is 2.72. The van der Waals surface area contributed by atoms with Crippen LogP contribution >= 0.6 is 0 Å². The lowest BCUT2D eigenvalue weighted by Gasteiger charge is -2.19. The highest BCUT2D eigenvalue weighted by Gasteiger charge is 2.19. The summed E-state index contributed by atoms with van der Waals surface area (Å²) in [7, 11) is 1.62. The molecule has 106 valence electrons. The van der Waals surface area contributed by atoms with Crippen molar-refractivity contribution in [2.24, 2.45) is 0 Å². The number of carbonyl (C=O) groups excluding carboxylic acids is 1. The van der Waals surface area contributed by atoms with Crippen molar-refractivity contribution < 1.29 is 19.0 Å². The summed E-state index contributed by atoms with van der Waals surface area (Å²) in [5, 5.41) is 9.21. The summed E-state index contributed by atoms with van der Waals surface area (Å²) in [5.41, 5.74) is 0.204. The Hall–Kier alpha value is -1.62. The van der Waals surface area contributed by atoms with Gasteiger partial charge in [-0.15, -0.1) is 0 Å². The van der Waals surface area contributed by atoms with Crippen molar-refractivity contribution in [2.45, 2.75) is 26.4 Å². The van der Waals surface area contributed by atoms with Gasteiger partial charge in [-0.05, 0) is 32.4 Å². The number of rotatable bonds is 6. The normalized spacial score (nSPS) is 12.1. The fourth-order valence-electron chi connectivity index (χ4n) is 1.66. The van der Waals surface area contributed by atoms with Crippen molar-refractivity contribution in [1.82, 2.24) is 4.90 Å².